The van der Waals surface area contributed by atoms with E-state index in [1.54, 1.807) is 11.0 Å². The topological polar surface area (TPSA) is 88.7 Å². The van der Waals surface area contributed by atoms with Crippen LogP contribution in [0.25, 0.3) is 0 Å². The highest BCUT2D eigenvalue weighted by Crippen LogP contribution is 2.18. The molecule has 1 aliphatic heterocycles. The Hall–Kier alpha value is -1.37. The number of anilines is 1. The summed E-state index contributed by atoms with van der Waals surface area (Å²) in [6, 6.07) is 3.08. The third-order valence-corrected chi connectivity index (χ3v) is 3.00. The van der Waals surface area contributed by atoms with E-state index in [-0.39, 0.29) is 35.2 Å². The van der Waals surface area contributed by atoms with Crippen molar-refractivity contribution in [3.63, 3.8) is 0 Å². The van der Waals surface area contributed by atoms with Crippen molar-refractivity contribution in [2.45, 2.75) is 6.10 Å². The second kappa shape index (κ2) is 5.51. The summed E-state index contributed by atoms with van der Waals surface area (Å²) >= 11 is 5.93. The number of hydrogen-bond acceptors (Lipinski definition) is 5. The quantitative estimate of drug-likeness (QED) is 0.799. The molecular weight excluding hydrogens is 258 g/mol. The number of nitrogens with zero attached hydrogens (tertiary/aromatic N) is 2. The Labute approximate surface area is 109 Å². The van der Waals surface area contributed by atoms with Gasteiger partial charge in [0.2, 0.25) is 0 Å². The van der Waals surface area contributed by atoms with Gasteiger partial charge in [0, 0.05) is 13.1 Å². The van der Waals surface area contributed by atoms with Crippen LogP contribution in [0.3, 0.4) is 0 Å². The summed E-state index contributed by atoms with van der Waals surface area (Å²) in [5.41, 5.74) is 5.68. The molecule has 1 aromatic heterocycles. The van der Waals surface area contributed by atoms with Gasteiger partial charge in [-0.05, 0) is 12.1 Å². The summed E-state index contributed by atoms with van der Waals surface area (Å²) in [6.07, 6.45) is -0.359. The van der Waals surface area contributed by atoms with Crippen molar-refractivity contribution < 1.29 is 14.6 Å². The highest BCUT2D eigenvalue weighted by atomic mass is 35.5. The molecule has 0 saturated carbocycles. The Kier molecular flexibility index (Phi) is 4.00. The molecule has 0 aromatic carbocycles. The second-order valence-corrected chi connectivity index (χ2v) is 4.40. The summed E-state index contributed by atoms with van der Waals surface area (Å²) in [6.45, 7) is 1.03. The van der Waals surface area contributed by atoms with Gasteiger partial charge in [0.1, 0.15) is 11.5 Å². The Morgan fingerprint density at radius 2 is 2.44 bits per heavy atom. The zero-order valence-electron chi connectivity index (χ0n) is 9.67. The fourth-order valence-electron chi connectivity index (χ4n) is 1.77. The van der Waals surface area contributed by atoms with Gasteiger partial charge in [-0.15, -0.1) is 0 Å². The fraction of sp³-hybridized carbons (Fsp3) is 0.455. The summed E-state index contributed by atoms with van der Waals surface area (Å²) in [5, 5.41) is 9.30. The van der Waals surface area contributed by atoms with E-state index < -0.39 is 0 Å². The van der Waals surface area contributed by atoms with Crippen LogP contribution in [0.2, 0.25) is 5.02 Å². The lowest BCUT2D eigenvalue weighted by Crippen LogP contribution is -2.47. The van der Waals surface area contributed by atoms with Crippen molar-refractivity contribution in [1.29, 1.82) is 0 Å². The Morgan fingerprint density at radius 3 is 3.17 bits per heavy atom. The van der Waals surface area contributed by atoms with Gasteiger partial charge >= 0.3 is 0 Å². The molecule has 1 atom stereocenters. The van der Waals surface area contributed by atoms with Gasteiger partial charge in [-0.1, -0.05) is 11.6 Å². The van der Waals surface area contributed by atoms with Gasteiger partial charge < -0.3 is 20.5 Å². The van der Waals surface area contributed by atoms with Crippen LogP contribution in [0.15, 0.2) is 12.1 Å². The van der Waals surface area contributed by atoms with E-state index >= 15 is 0 Å². The molecule has 0 aliphatic carbocycles. The minimum absolute atomic E-state index is 0.123. The van der Waals surface area contributed by atoms with Gasteiger partial charge in [-0.2, -0.15) is 0 Å². The molecule has 1 saturated heterocycles. The zero-order chi connectivity index (χ0) is 13.1. The number of hydrogen-bond donors (Lipinski definition) is 2. The van der Waals surface area contributed by atoms with E-state index in [1.807, 2.05) is 0 Å². The van der Waals surface area contributed by atoms with Gasteiger partial charge in [0.25, 0.3) is 5.91 Å². The first kappa shape index (κ1) is 13.1. The molecule has 6 nitrogen and oxygen atoms in total. The minimum Gasteiger partial charge on any atom is -0.394 e. The predicted octanol–water partition coefficient (Wildman–Crippen LogP) is 0.150. The van der Waals surface area contributed by atoms with E-state index in [0.29, 0.717) is 19.7 Å². The number of carbonyl (C=O) groups is 1. The fourth-order valence-corrected chi connectivity index (χ4v) is 1.96. The van der Waals surface area contributed by atoms with Crippen molar-refractivity contribution in [3.05, 3.63) is 22.8 Å². The largest absolute Gasteiger partial charge is 0.394 e. The number of carbonyl (C=O) groups excluding carboxylic acids is 1. The van der Waals surface area contributed by atoms with E-state index in [9.17, 15) is 4.79 Å². The standard InChI is InChI=1S/C11H14ClN3O3/c12-8-1-2-9(13)14-10(8)11(17)15-3-4-18-7(5-15)6-16/h1-2,7,16H,3-6H2,(H2,13,14). The average Bonchev–Trinajstić information content (AvgIpc) is 2.41. The maximum absolute atomic E-state index is 12.2. The van der Waals surface area contributed by atoms with Crippen molar-refractivity contribution in [2.75, 3.05) is 32.0 Å². The molecule has 18 heavy (non-hydrogen) atoms. The lowest BCUT2D eigenvalue weighted by Gasteiger charge is -2.31. The zero-order valence-corrected chi connectivity index (χ0v) is 10.4. The molecule has 1 fully saturated rings. The van der Waals surface area contributed by atoms with Crippen LogP contribution in [-0.4, -0.2) is 53.3 Å². The molecule has 2 heterocycles. The van der Waals surface area contributed by atoms with Gasteiger partial charge in [0.15, 0.2) is 0 Å². The van der Waals surface area contributed by atoms with Crippen LogP contribution in [-0.2, 0) is 4.74 Å². The summed E-state index contributed by atoms with van der Waals surface area (Å²) < 4.78 is 5.28. The molecule has 2 rings (SSSR count). The molecule has 1 aliphatic rings. The van der Waals surface area contributed by atoms with Crippen LogP contribution in [0, 0.1) is 0 Å². The van der Waals surface area contributed by atoms with Gasteiger partial charge in [-0.25, -0.2) is 4.98 Å². The molecule has 0 radical (unpaired) electrons. The normalized spacial score (nSPS) is 19.9. The molecule has 7 heteroatoms. The molecule has 0 spiro atoms. The van der Waals surface area contributed by atoms with Crippen LogP contribution in [0.1, 0.15) is 10.5 Å². The predicted molar refractivity (Wildman–Crippen MR) is 66.4 cm³/mol. The molecule has 0 bridgehead atoms. The van der Waals surface area contributed by atoms with E-state index in [0.717, 1.165) is 0 Å². The summed E-state index contributed by atoms with van der Waals surface area (Å²) in [7, 11) is 0. The van der Waals surface area contributed by atoms with E-state index in [1.165, 1.54) is 6.07 Å². The van der Waals surface area contributed by atoms with Crippen LogP contribution >= 0.6 is 11.6 Å². The van der Waals surface area contributed by atoms with Crippen molar-refractivity contribution in [3.8, 4) is 0 Å². The van der Waals surface area contributed by atoms with E-state index in [2.05, 4.69) is 4.98 Å². The number of ether oxygens (including phenoxy) is 1. The number of halogens is 1. The SMILES string of the molecule is Nc1ccc(Cl)c(C(=O)N2CCOC(CO)C2)n1. The highest BCUT2D eigenvalue weighted by molar-refractivity contribution is 6.33. The number of rotatable bonds is 2. The van der Waals surface area contributed by atoms with Crippen molar-refractivity contribution >= 4 is 23.3 Å². The Morgan fingerprint density at radius 1 is 1.67 bits per heavy atom. The second-order valence-electron chi connectivity index (χ2n) is 3.99. The number of amides is 1. The lowest BCUT2D eigenvalue weighted by atomic mass is 10.2. The van der Waals surface area contributed by atoms with Crippen molar-refractivity contribution in [2.24, 2.45) is 0 Å². The first-order valence-electron chi connectivity index (χ1n) is 5.55. The number of aliphatic hydroxyl groups excluding tert-OH is 1. The van der Waals surface area contributed by atoms with E-state index in [4.69, 9.17) is 27.2 Å². The maximum atomic E-state index is 12.2. The molecule has 98 valence electrons. The van der Waals surface area contributed by atoms with Crippen molar-refractivity contribution in [1.82, 2.24) is 9.88 Å². The number of nitrogen functional groups attached to an aromatic ring is 1. The third-order valence-electron chi connectivity index (χ3n) is 2.70. The highest BCUT2D eigenvalue weighted by Gasteiger charge is 2.26. The van der Waals surface area contributed by atoms with Crippen LogP contribution < -0.4 is 5.73 Å². The van der Waals surface area contributed by atoms with Crippen LogP contribution in [0.5, 0.6) is 0 Å². The van der Waals surface area contributed by atoms with Gasteiger partial charge in [-0.3, -0.25) is 4.79 Å². The average molecular weight is 272 g/mol. The monoisotopic (exact) mass is 271 g/mol. The Balaban J connectivity index is 2.17. The molecule has 3 N–H and O–H groups in total. The summed E-state index contributed by atoms with van der Waals surface area (Å²) in [5.74, 6) is -0.0521. The number of aliphatic hydroxyl groups is 1. The molecular formula is C11H14ClN3O3. The smallest absolute Gasteiger partial charge is 0.274 e. The number of morpholine rings is 1. The maximum Gasteiger partial charge on any atom is 0.274 e. The molecule has 1 amide bonds. The molecule has 1 unspecified atom stereocenters. The Bertz CT molecular complexity index is 455. The number of pyridine rings is 1. The third kappa shape index (κ3) is 2.72. The number of nitrogens with two attached hydrogens (primary N) is 1. The number of aromatic nitrogens is 1. The minimum atomic E-state index is -0.359. The van der Waals surface area contributed by atoms with Gasteiger partial charge in [0.05, 0.1) is 24.3 Å². The lowest BCUT2D eigenvalue weighted by molar-refractivity contribution is -0.0448. The first-order chi connectivity index (χ1) is 8.61. The van der Waals surface area contributed by atoms with Crippen LogP contribution in [0.4, 0.5) is 5.82 Å². The molecule has 1 aromatic rings. The first-order valence-corrected chi connectivity index (χ1v) is 5.93. The summed E-state index contributed by atoms with van der Waals surface area (Å²) in [4.78, 5) is 17.7.